The van der Waals surface area contributed by atoms with Crippen molar-refractivity contribution >= 4 is 5.97 Å². The number of nitriles is 1. The number of aliphatic carboxylic acids is 1. The number of allylic oxidation sites excluding steroid dienone is 2. The molecule has 0 fully saturated rings. The molecule has 0 aromatic heterocycles. The molecule has 0 aliphatic heterocycles. The summed E-state index contributed by atoms with van der Waals surface area (Å²) < 4.78 is 0. The summed E-state index contributed by atoms with van der Waals surface area (Å²) in [7, 11) is 0. The molecule has 72 valence electrons. The molecule has 0 aromatic rings. The highest BCUT2D eigenvalue weighted by atomic mass is 16.4. The van der Waals surface area contributed by atoms with E-state index < -0.39 is 17.1 Å². The third-order valence-corrected chi connectivity index (χ3v) is 1.82. The first kappa shape index (κ1) is 10.2. The topological polar surface area (TPSA) is 81.3 Å². The molecule has 0 saturated heterocycles. The average molecular weight is 191 g/mol. The van der Waals surface area contributed by atoms with Crippen LogP contribution >= 0.6 is 0 Å². The van der Waals surface area contributed by atoms with E-state index >= 15 is 0 Å². The van der Waals surface area contributed by atoms with Crippen molar-refractivity contribution in [2.24, 2.45) is 0 Å². The Labute approximate surface area is 81.1 Å². The van der Waals surface area contributed by atoms with Crippen molar-refractivity contribution in [2.75, 3.05) is 0 Å². The van der Waals surface area contributed by atoms with Crippen molar-refractivity contribution in [1.82, 2.24) is 0 Å². The van der Waals surface area contributed by atoms with Gasteiger partial charge in [0.15, 0.2) is 0 Å². The van der Waals surface area contributed by atoms with Gasteiger partial charge in [-0.05, 0) is 12.2 Å². The third kappa shape index (κ3) is 2.31. The third-order valence-electron chi connectivity index (χ3n) is 1.82. The van der Waals surface area contributed by atoms with Crippen LogP contribution in [0, 0.1) is 11.3 Å². The van der Waals surface area contributed by atoms with Gasteiger partial charge in [-0.1, -0.05) is 18.2 Å². The Morgan fingerprint density at radius 1 is 1.57 bits per heavy atom. The van der Waals surface area contributed by atoms with Gasteiger partial charge >= 0.3 is 5.97 Å². The SMILES string of the molecule is N#C/C(=C\C1(O)C=CC=CC1)C(=O)O. The number of rotatable bonds is 2. The summed E-state index contributed by atoms with van der Waals surface area (Å²) in [4.78, 5) is 10.5. The molecular formula is C10H9NO3. The maximum Gasteiger partial charge on any atom is 0.346 e. The summed E-state index contributed by atoms with van der Waals surface area (Å²) in [5, 5.41) is 26.9. The molecular weight excluding hydrogens is 182 g/mol. The Kier molecular flexibility index (Phi) is 2.85. The van der Waals surface area contributed by atoms with Gasteiger partial charge in [0.1, 0.15) is 17.2 Å². The average Bonchev–Trinajstić information content (AvgIpc) is 2.15. The van der Waals surface area contributed by atoms with Gasteiger partial charge in [-0.2, -0.15) is 5.26 Å². The van der Waals surface area contributed by atoms with Crippen molar-refractivity contribution in [1.29, 1.82) is 5.26 Å². The summed E-state index contributed by atoms with van der Waals surface area (Å²) in [6, 6.07) is 1.52. The molecule has 1 unspecified atom stereocenters. The van der Waals surface area contributed by atoms with Gasteiger partial charge in [-0.3, -0.25) is 0 Å². The highest BCUT2D eigenvalue weighted by Gasteiger charge is 2.23. The lowest BCUT2D eigenvalue weighted by Crippen LogP contribution is -2.24. The van der Waals surface area contributed by atoms with Gasteiger partial charge in [0, 0.05) is 6.42 Å². The second-order valence-electron chi connectivity index (χ2n) is 2.96. The van der Waals surface area contributed by atoms with Gasteiger partial charge in [0.05, 0.1) is 0 Å². The number of aliphatic hydroxyl groups is 1. The standard InChI is InChI=1S/C10H9NO3/c11-7-8(9(12)13)6-10(14)4-2-1-3-5-10/h1-4,6,14H,5H2,(H,12,13)/b8-6+. The lowest BCUT2D eigenvalue weighted by Gasteiger charge is -2.20. The van der Waals surface area contributed by atoms with Crippen molar-refractivity contribution in [3.63, 3.8) is 0 Å². The van der Waals surface area contributed by atoms with E-state index in [4.69, 9.17) is 10.4 Å². The van der Waals surface area contributed by atoms with E-state index in [1.807, 2.05) is 0 Å². The molecule has 0 heterocycles. The predicted octanol–water partition coefficient (Wildman–Crippen LogP) is 0.768. The maximum absolute atomic E-state index is 10.5. The Morgan fingerprint density at radius 3 is 2.71 bits per heavy atom. The van der Waals surface area contributed by atoms with Crippen LogP contribution in [0.5, 0.6) is 0 Å². The minimum absolute atomic E-state index is 0.280. The van der Waals surface area contributed by atoms with E-state index in [0.29, 0.717) is 0 Å². The lowest BCUT2D eigenvalue weighted by atomic mass is 9.93. The molecule has 14 heavy (non-hydrogen) atoms. The van der Waals surface area contributed by atoms with Crippen molar-refractivity contribution < 1.29 is 15.0 Å². The molecule has 0 amide bonds. The molecule has 1 aliphatic carbocycles. The minimum Gasteiger partial charge on any atom is -0.477 e. The van der Waals surface area contributed by atoms with E-state index in [9.17, 15) is 9.90 Å². The Hall–Kier alpha value is -1.86. The van der Waals surface area contributed by atoms with Crippen molar-refractivity contribution in [3.05, 3.63) is 36.0 Å². The highest BCUT2D eigenvalue weighted by molar-refractivity contribution is 5.91. The van der Waals surface area contributed by atoms with Crippen LogP contribution in [0.15, 0.2) is 36.0 Å². The van der Waals surface area contributed by atoms with Crippen molar-refractivity contribution in [3.8, 4) is 6.07 Å². The number of carboxylic acid groups (broad SMARTS) is 1. The Morgan fingerprint density at radius 2 is 2.29 bits per heavy atom. The Balaban J connectivity index is 2.95. The van der Waals surface area contributed by atoms with Crippen LogP contribution in [0.2, 0.25) is 0 Å². The zero-order chi connectivity index (χ0) is 10.6. The first-order valence-corrected chi connectivity index (χ1v) is 4.00. The van der Waals surface area contributed by atoms with Crippen molar-refractivity contribution in [2.45, 2.75) is 12.0 Å². The summed E-state index contributed by atoms with van der Waals surface area (Å²) in [6.07, 6.45) is 7.84. The molecule has 1 atom stereocenters. The van der Waals surface area contributed by atoms with Gasteiger partial charge in [-0.15, -0.1) is 0 Å². The van der Waals surface area contributed by atoms with E-state index in [-0.39, 0.29) is 6.42 Å². The van der Waals surface area contributed by atoms with E-state index in [1.165, 1.54) is 12.1 Å². The van der Waals surface area contributed by atoms with Crippen LogP contribution in [-0.2, 0) is 4.79 Å². The zero-order valence-electron chi connectivity index (χ0n) is 7.34. The van der Waals surface area contributed by atoms with Crippen LogP contribution in [0.4, 0.5) is 0 Å². The predicted molar refractivity (Wildman–Crippen MR) is 49.2 cm³/mol. The number of carbonyl (C=O) groups is 1. The first-order valence-electron chi connectivity index (χ1n) is 4.00. The number of nitrogens with zero attached hydrogens (tertiary/aromatic N) is 1. The monoisotopic (exact) mass is 191 g/mol. The van der Waals surface area contributed by atoms with Crippen LogP contribution in [0.1, 0.15) is 6.42 Å². The van der Waals surface area contributed by atoms with E-state index in [2.05, 4.69) is 0 Å². The molecule has 1 aliphatic rings. The molecule has 0 radical (unpaired) electrons. The second-order valence-corrected chi connectivity index (χ2v) is 2.96. The fourth-order valence-electron chi connectivity index (χ4n) is 1.12. The highest BCUT2D eigenvalue weighted by Crippen LogP contribution is 2.20. The molecule has 4 heteroatoms. The Bertz CT molecular complexity index is 373. The minimum atomic E-state index is -1.35. The van der Waals surface area contributed by atoms with Crippen LogP contribution in [0.25, 0.3) is 0 Å². The molecule has 2 N–H and O–H groups in total. The lowest BCUT2D eigenvalue weighted by molar-refractivity contribution is -0.132. The number of carboxylic acids is 1. The van der Waals surface area contributed by atoms with E-state index in [1.54, 1.807) is 18.2 Å². The molecule has 4 nitrogen and oxygen atoms in total. The van der Waals surface area contributed by atoms with Crippen LogP contribution < -0.4 is 0 Å². The summed E-state index contributed by atoms with van der Waals surface area (Å²) >= 11 is 0. The van der Waals surface area contributed by atoms with Gasteiger partial charge in [-0.25, -0.2) is 4.79 Å². The largest absolute Gasteiger partial charge is 0.477 e. The summed E-state index contributed by atoms with van der Waals surface area (Å²) in [5.41, 5.74) is -1.80. The fourth-order valence-corrected chi connectivity index (χ4v) is 1.12. The van der Waals surface area contributed by atoms with E-state index in [0.717, 1.165) is 6.08 Å². The number of hydrogen-bond donors (Lipinski definition) is 2. The van der Waals surface area contributed by atoms with Crippen LogP contribution in [0.3, 0.4) is 0 Å². The molecule has 0 aromatic carbocycles. The van der Waals surface area contributed by atoms with Crippen LogP contribution in [-0.4, -0.2) is 21.8 Å². The molecule has 0 saturated carbocycles. The van der Waals surface area contributed by atoms with Gasteiger partial charge in [0.25, 0.3) is 0 Å². The smallest absolute Gasteiger partial charge is 0.346 e. The maximum atomic E-state index is 10.5. The zero-order valence-corrected chi connectivity index (χ0v) is 7.34. The second kappa shape index (κ2) is 3.90. The fraction of sp³-hybridized carbons (Fsp3) is 0.200. The van der Waals surface area contributed by atoms with Gasteiger partial charge in [0.2, 0.25) is 0 Å². The first-order chi connectivity index (χ1) is 6.57. The summed E-state index contributed by atoms with van der Waals surface area (Å²) in [5.74, 6) is -1.33. The quantitative estimate of drug-likeness (QED) is 0.499. The van der Waals surface area contributed by atoms with Gasteiger partial charge < -0.3 is 10.2 Å². The molecule has 0 spiro atoms. The molecule has 1 rings (SSSR count). The summed E-state index contributed by atoms with van der Waals surface area (Å²) in [6.45, 7) is 0. The number of hydrogen-bond acceptors (Lipinski definition) is 3. The molecule has 0 bridgehead atoms. The normalized spacial score (nSPS) is 25.9.